The van der Waals surface area contributed by atoms with Crippen LogP contribution >= 0.6 is 0 Å². The second kappa shape index (κ2) is 1.70. The van der Waals surface area contributed by atoms with Crippen molar-refractivity contribution < 1.29 is 4.39 Å². The molecule has 2 heterocycles. The standard InChI is InChI=1S/C6H9FN2/c7-5-4-8-9-3-1-2-6(5)9/h8H,1-4H2. The molecule has 0 radical (unpaired) electrons. The fourth-order valence-corrected chi connectivity index (χ4v) is 1.40. The van der Waals surface area contributed by atoms with Gasteiger partial charge in [0, 0.05) is 6.54 Å². The third-order valence-electron chi connectivity index (χ3n) is 1.86. The van der Waals surface area contributed by atoms with Gasteiger partial charge < -0.3 is 5.01 Å². The van der Waals surface area contributed by atoms with Crippen LogP contribution < -0.4 is 5.43 Å². The summed E-state index contributed by atoms with van der Waals surface area (Å²) in [6.07, 6.45) is 2.01. The van der Waals surface area contributed by atoms with Crippen LogP contribution in [0.1, 0.15) is 12.8 Å². The minimum atomic E-state index is 0.0347. The molecule has 1 N–H and O–H groups in total. The van der Waals surface area contributed by atoms with E-state index in [1.54, 1.807) is 0 Å². The van der Waals surface area contributed by atoms with E-state index in [1.165, 1.54) is 0 Å². The predicted octanol–water partition coefficient (Wildman–Crippen LogP) is 0.782. The molecule has 0 atom stereocenters. The second-order valence-corrected chi connectivity index (χ2v) is 2.44. The molecule has 0 aliphatic carbocycles. The van der Waals surface area contributed by atoms with E-state index in [0.29, 0.717) is 6.54 Å². The molecular weight excluding hydrogens is 119 g/mol. The number of rotatable bonds is 0. The highest BCUT2D eigenvalue weighted by molar-refractivity contribution is 5.15. The number of nitrogens with zero attached hydrogens (tertiary/aromatic N) is 1. The fraction of sp³-hybridized carbons (Fsp3) is 0.667. The van der Waals surface area contributed by atoms with Gasteiger partial charge in [-0.15, -0.1) is 0 Å². The van der Waals surface area contributed by atoms with Gasteiger partial charge in [-0.2, -0.15) is 0 Å². The van der Waals surface area contributed by atoms with Crippen molar-refractivity contribution in [2.24, 2.45) is 0 Å². The number of nitrogens with one attached hydrogen (secondary N) is 1. The lowest BCUT2D eigenvalue weighted by Gasteiger charge is -2.11. The molecule has 1 fully saturated rings. The topological polar surface area (TPSA) is 15.3 Å². The van der Waals surface area contributed by atoms with Gasteiger partial charge in [-0.3, -0.25) is 0 Å². The van der Waals surface area contributed by atoms with E-state index in [4.69, 9.17) is 0 Å². The minimum Gasteiger partial charge on any atom is -0.309 e. The maximum Gasteiger partial charge on any atom is 0.136 e. The first-order valence-corrected chi connectivity index (χ1v) is 3.26. The molecule has 0 spiro atoms. The Bertz CT molecular complexity index is 164. The van der Waals surface area contributed by atoms with Crippen LogP contribution in [0, 0.1) is 0 Å². The van der Waals surface area contributed by atoms with Gasteiger partial charge in [0.1, 0.15) is 5.83 Å². The molecule has 2 rings (SSSR count). The van der Waals surface area contributed by atoms with Crippen molar-refractivity contribution in [3.63, 3.8) is 0 Å². The van der Waals surface area contributed by atoms with E-state index in [1.807, 2.05) is 5.01 Å². The van der Waals surface area contributed by atoms with E-state index in [9.17, 15) is 4.39 Å². The molecule has 0 amide bonds. The van der Waals surface area contributed by atoms with Crippen LogP contribution in [0.25, 0.3) is 0 Å². The van der Waals surface area contributed by atoms with Gasteiger partial charge in [0.05, 0.1) is 12.2 Å². The minimum absolute atomic E-state index is 0.0347. The Labute approximate surface area is 53.3 Å². The van der Waals surface area contributed by atoms with Gasteiger partial charge in [0.25, 0.3) is 0 Å². The Morgan fingerprint density at radius 1 is 1.56 bits per heavy atom. The lowest BCUT2D eigenvalue weighted by atomic mass is 10.3. The largest absolute Gasteiger partial charge is 0.309 e. The van der Waals surface area contributed by atoms with Gasteiger partial charge in [-0.25, -0.2) is 9.82 Å². The van der Waals surface area contributed by atoms with Crippen LogP contribution in [0.2, 0.25) is 0 Å². The van der Waals surface area contributed by atoms with Gasteiger partial charge >= 0.3 is 0 Å². The molecular formula is C6H9FN2. The van der Waals surface area contributed by atoms with Crippen LogP contribution in [-0.2, 0) is 0 Å². The summed E-state index contributed by atoms with van der Waals surface area (Å²) in [5, 5.41) is 1.91. The lowest BCUT2D eigenvalue weighted by molar-refractivity contribution is 0.320. The quantitative estimate of drug-likeness (QED) is 0.518. The number of halogens is 1. The molecule has 2 aliphatic heterocycles. The molecule has 2 aliphatic rings. The zero-order valence-corrected chi connectivity index (χ0v) is 5.15. The monoisotopic (exact) mass is 128 g/mol. The first-order valence-electron chi connectivity index (χ1n) is 3.26. The van der Waals surface area contributed by atoms with Crippen LogP contribution in [-0.4, -0.2) is 18.1 Å². The Balaban J connectivity index is 2.28. The summed E-state index contributed by atoms with van der Waals surface area (Å²) in [5.41, 5.74) is 3.84. The SMILES string of the molecule is FC1=C2CCCN2NC1. The Morgan fingerprint density at radius 2 is 2.44 bits per heavy atom. The third-order valence-corrected chi connectivity index (χ3v) is 1.86. The van der Waals surface area contributed by atoms with E-state index in [-0.39, 0.29) is 5.83 Å². The molecule has 3 heteroatoms. The van der Waals surface area contributed by atoms with E-state index in [0.717, 1.165) is 25.1 Å². The van der Waals surface area contributed by atoms with E-state index in [2.05, 4.69) is 5.43 Å². The maximum absolute atomic E-state index is 12.7. The molecule has 0 aromatic heterocycles. The molecule has 1 saturated heterocycles. The summed E-state index contributed by atoms with van der Waals surface area (Å²) in [4.78, 5) is 0. The summed E-state index contributed by atoms with van der Waals surface area (Å²) in [6, 6.07) is 0. The summed E-state index contributed by atoms with van der Waals surface area (Å²) < 4.78 is 12.7. The molecule has 50 valence electrons. The Kier molecular flexibility index (Phi) is 0.990. The molecule has 0 saturated carbocycles. The fourth-order valence-electron chi connectivity index (χ4n) is 1.40. The third kappa shape index (κ3) is 0.645. The Morgan fingerprint density at radius 3 is 3.22 bits per heavy atom. The predicted molar refractivity (Wildman–Crippen MR) is 32.1 cm³/mol. The summed E-state index contributed by atoms with van der Waals surface area (Å²) in [6.45, 7) is 1.39. The highest BCUT2D eigenvalue weighted by Gasteiger charge is 2.25. The van der Waals surface area contributed by atoms with Crippen LogP contribution in [0.4, 0.5) is 4.39 Å². The average Bonchev–Trinajstić information content (AvgIpc) is 2.35. The zero-order valence-electron chi connectivity index (χ0n) is 5.15. The van der Waals surface area contributed by atoms with Gasteiger partial charge in [0.15, 0.2) is 0 Å². The molecule has 9 heavy (non-hydrogen) atoms. The first kappa shape index (κ1) is 5.23. The summed E-state index contributed by atoms with van der Waals surface area (Å²) in [7, 11) is 0. The van der Waals surface area contributed by atoms with Crippen molar-refractivity contribution in [3.05, 3.63) is 11.5 Å². The average molecular weight is 128 g/mol. The van der Waals surface area contributed by atoms with Crippen molar-refractivity contribution in [1.29, 1.82) is 0 Å². The number of hydrogen-bond donors (Lipinski definition) is 1. The van der Waals surface area contributed by atoms with Crippen molar-refractivity contribution >= 4 is 0 Å². The summed E-state index contributed by atoms with van der Waals surface area (Å²) in [5.74, 6) is 0.0347. The van der Waals surface area contributed by atoms with Gasteiger partial charge in [-0.05, 0) is 12.8 Å². The highest BCUT2D eigenvalue weighted by Crippen LogP contribution is 2.26. The molecule has 0 unspecified atom stereocenters. The molecule has 0 aromatic carbocycles. The highest BCUT2D eigenvalue weighted by atomic mass is 19.1. The van der Waals surface area contributed by atoms with Gasteiger partial charge in [-0.1, -0.05) is 0 Å². The number of fused-ring (bicyclic) bond motifs is 1. The maximum atomic E-state index is 12.7. The van der Waals surface area contributed by atoms with E-state index < -0.39 is 0 Å². The van der Waals surface area contributed by atoms with Crippen LogP contribution in [0.15, 0.2) is 11.5 Å². The van der Waals surface area contributed by atoms with Crippen molar-refractivity contribution in [2.75, 3.05) is 13.1 Å². The normalized spacial score (nSPS) is 25.7. The van der Waals surface area contributed by atoms with E-state index >= 15 is 0 Å². The van der Waals surface area contributed by atoms with Gasteiger partial charge in [0.2, 0.25) is 0 Å². The van der Waals surface area contributed by atoms with Crippen molar-refractivity contribution in [3.8, 4) is 0 Å². The van der Waals surface area contributed by atoms with Crippen molar-refractivity contribution in [1.82, 2.24) is 10.4 Å². The number of hydrazine groups is 1. The number of allylic oxidation sites excluding steroid dienone is 1. The molecule has 0 aromatic rings. The smallest absolute Gasteiger partial charge is 0.136 e. The van der Waals surface area contributed by atoms with Crippen LogP contribution in [0.5, 0.6) is 0 Å². The number of hydrogen-bond acceptors (Lipinski definition) is 2. The van der Waals surface area contributed by atoms with Crippen molar-refractivity contribution in [2.45, 2.75) is 12.8 Å². The molecule has 2 nitrogen and oxygen atoms in total. The van der Waals surface area contributed by atoms with Crippen LogP contribution in [0.3, 0.4) is 0 Å². The lowest BCUT2D eigenvalue weighted by Crippen LogP contribution is -2.28. The Hall–Kier alpha value is -0.570. The second-order valence-electron chi connectivity index (χ2n) is 2.44. The first-order chi connectivity index (χ1) is 4.38. The summed E-state index contributed by atoms with van der Waals surface area (Å²) >= 11 is 0. The molecule has 0 bridgehead atoms. The zero-order chi connectivity index (χ0) is 6.27.